The van der Waals surface area contributed by atoms with Crippen LogP contribution in [-0.4, -0.2) is 105 Å². The number of fused-ring (bicyclic) bond motifs is 1. The largest absolute Gasteiger partial charge is 0.481 e. The molecule has 3 rings (SSSR count). The number of guanidine groups is 1. The number of benzene rings is 2. The topological polar surface area (TPSA) is 317 Å². The van der Waals surface area contributed by atoms with E-state index < -0.39 is 78.8 Å². The second kappa shape index (κ2) is 20.0. The number of rotatable bonds is 21. The Morgan fingerprint density at radius 1 is 0.731 bits per heavy atom. The van der Waals surface area contributed by atoms with Gasteiger partial charge in [-0.2, -0.15) is 0 Å². The maximum atomic E-state index is 13.6. The van der Waals surface area contributed by atoms with Gasteiger partial charge in [0.15, 0.2) is 5.96 Å². The summed E-state index contributed by atoms with van der Waals surface area (Å²) in [7, 11) is 0. The molecule has 5 atom stereocenters. The quantitative estimate of drug-likeness (QED) is 0.0330. The van der Waals surface area contributed by atoms with Crippen molar-refractivity contribution in [2.45, 2.75) is 68.7 Å². The first-order chi connectivity index (χ1) is 24.8. The van der Waals surface area contributed by atoms with Gasteiger partial charge in [0.1, 0.15) is 24.2 Å². The highest BCUT2D eigenvalue weighted by molar-refractivity contribution is 5.96. The summed E-state index contributed by atoms with van der Waals surface area (Å²) >= 11 is 0. The summed E-state index contributed by atoms with van der Waals surface area (Å²) in [6, 6.07) is 9.02. The van der Waals surface area contributed by atoms with E-state index in [-0.39, 0.29) is 44.6 Å². The minimum atomic E-state index is -1.66. The van der Waals surface area contributed by atoms with Crippen molar-refractivity contribution in [1.82, 2.24) is 26.3 Å². The SMILES string of the molecule is NC(N)=NCCC[C@H](NC(=O)[C@H](Cc1c[nH]c2ccccc12)NC(=O)[C@H](CO)NC(=O)[C@H](CCC(=O)O)NC(=O)[C@@H](N)Cc1ccccc1)C(=O)O. The van der Waals surface area contributed by atoms with Crippen molar-refractivity contribution in [3.8, 4) is 0 Å². The Morgan fingerprint density at radius 3 is 1.98 bits per heavy atom. The highest BCUT2D eigenvalue weighted by Gasteiger charge is 2.32. The molecule has 0 aliphatic heterocycles. The van der Waals surface area contributed by atoms with Crippen molar-refractivity contribution >= 4 is 52.4 Å². The Morgan fingerprint density at radius 2 is 1.33 bits per heavy atom. The average molecular weight is 724 g/mol. The van der Waals surface area contributed by atoms with E-state index in [1.165, 1.54) is 0 Å². The molecule has 0 saturated heterocycles. The van der Waals surface area contributed by atoms with Crippen LogP contribution in [0.4, 0.5) is 0 Å². The van der Waals surface area contributed by atoms with Crippen molar-refractivity contribution in [2.24, 2.45) is 22.2 Å². The summed E-state index contributed by atoms with van der Waals surface area (Å²) in [6.07, 6.45) is 0.918. The summed E-state index contributed by atoms with van der Waals surface area (Å²) < 4.78 is 0. The number of carbonyl (C=O) groups is 6. The highest BCUT2D eigenvalue weighted by Crippen LogP contribution is 2.19. The number of nitrogens with two attached hydrogens (primary N) is 3. The lowest BCUT2D eigenvalue weighted by Crippen LogP contribution is -2.59. The number of carbonyl (C=O) groups excluding carboxylic acids is 4. The van der Waals surface area contributed by atoms with E-state index >= 15 is 0 Å². The summed E-state index contributed by atoms with van der Waals surface area (Å²) in [4.78, 5) is 83.5. The third kappa shape index (κ3) is 12.7. The first kappa shape index (κ1) is 40.4. The Hall–Kier alpha value is -6.01. The van der Waals surface area contributed by atoms with Crippen molar-refractivity contribution in [2.75, 3.05) is 13.2 Å². The van der Waals surface area contributed by atoms with Gasteiger partial charge in [0.2, 0.25) is 23.6 Å². The number of hydrogen-bond donors (Lipinski definition) is 11. The van der Waals surface area contributed by atoms with Crippen LogP contribution in [0.5, 0.6) is 0 Å². The number of amides is 4. The number of carboxylic acid groups (broad SMARTS) is 2. The number of aliphatic hydroxyl groups excluding tert-OH is 1. The van der Waals surface area contributed by atoms with E-state index in [0.29, 0.717) is 5.56 Å². The van der Waals surface area contributed by atoms with Gasteiger partial charge in [0.25, 0.3) is 0 Å². The second-order valence-electron chi connectivity index (χ2n) is 12.0. The van der Waals surface area contributed by atoms with Crippen molar-refractivity contribution in [1.29, 1.82) is 0 Å². The molecule has 4 amide bonds. The molecule has 2 aromatic carbocycles. The lowest BCUT2D eigenvalue weighted by atomic mass is 10.0. The first-order valence-electron chi connectivity index (χ1n) is 16.5. The highest BCUT2D eigenvalue weighted by atomic mass is 16.4. The van der Waals surface area contributed by atoms with Gasteiger partial charge < -0.3 is 58.8 Å². The van der Waals surface area contributed by atoms with Crippen LogP contribution in [0.2, 0.25) is 0 Å². The third-order valence-corrected chi connectivity index (χ3v) is 8.02. The van der Waals surface area contributed by atoms with Crippen LogP contribution >= 0.6 is 0 Å². The average Bonchev–Trinajstić information content (AvgIpc) is 3.52. The number of aromatic nitrogens is 1. The lowest BCUT2D eigenvalue weighted by molar-refractivity contribution is -0.142. The molecular formula is C34H45N9O9. The molecule has 0 fully saturated rings. The number of H-pyrrole nitrogens is 1. The summed E-state index contributed by atoms with van der Waals surface area (Å²) in [5, 5.41) is 39.5. The molecule has 14 N–H and O–H groups in total. The summed E-state index contributed by atoms with van der Waals surface area (Å²) in [5.74, 6) is -6.38. The Kier molecular flexibility index (Phi) is 15.5. The molecule has 0 aliphatic carbocycles. The van der Waals surface area contributed by atoms with Crippen molar-refractivity contribution in [3.63, 3.8) is 0 Å². The van der Waals surface area contributed by atoms with Crippen LogP contribution < -0.4 is 38.5 Å². The van der Waals surface area contributed by atoms with Gasteiger partial charge in [0, 0.05) is 36.5 Å². The molecule has 18 heteroatoms. The molecule has 52 heavy (non-hydrogen) atoms. The van der Waals surface area contributed by atoms with Gasteiger partial charge in [0.05, 0.1) is 12.6 Å². The number of carboxylic acids is 2. The van der Waals surface area contributed by atoms with Crippen LogP contribution in [0.3, 0.4) is 0 Å². The first-order valence-corrected chi connectivity index (χ1v) is 16.5. The zero-order chi connectivity index (χ0) is 38.2. The van der Waals surface area contributed by atoms with Gasteiger partial charge in [-0.05, 0) is 42.9 Å². The maximum absolute atomic E-state index is 13.6. The number of aliphatic imine (C=N–C) groups is 1. The van der Waals surface area contributed by atoms with Crippen LogP contribution in [0.25, 0.3) is 10.9 Å². The molecule has 1 aromatic heterocycles. The molecule has 0 radical (unpaired) electrons. The van der Waals surface area contributed by atoms with E-state index in [1.54, 1.807) is 60.8 Å². The fourth-order valence-electron chi connectivity index (χ4n) is 5.28. The molecule has 0 saturated carbocycles. The second-order valence-corrected chi connectivity index (χ2v) is 12.0. The molecule has 280 valence electrons. The van der Waals surface area contributed by atoms with E-state index in [0.717, 1.165) is 16.5 Å². The summed E-state index contributed by atoms with van der Waals surface area (Å²) in [5.41, 5.74) is 18.8. The summed E-state index contributed by atoms with van der Waals surface area (Å²) in [6.45, 7) is -0.836. The Bertz CT molecular complexity index is 1730. The molecular weight excluding hydrogens is 678 g/mol. The molecule has 1 heterocycles. The monoisotopic (exact) mass is 723 g/mol. The number of para-hydroxylation sites is 1. The lowest BCUT2D eigenvalue weighted by Gasteiger charge is -2.25. The number of nitrogens with zero attached hydrogens (tertiary/aromatic N) is 1. The third-order valence-electron chi connectivity index (χ3n) is 8.02. The van der Waals surface area contributed by atoms with E-state index in [9.17, 15) is 44.1 Å². The van der Waals surface area contributed by atoms with Crippen molar-refractivity contribution in [3.05, 3.63) is 71.9 Å². The van der Waals surface area contributed by atoms with Crippen LogP contribution in [0.1, 0.15) is 36.8 Å². The number of aliphatic carboxylic acids is 2. The van der Waals surface area contributed by atoms with Crippen LogP contribution in [0.15, 0.2) is 65.8 Å². The normalized spacial score (nSPS) is 13.8. The fraction of sp³-hybridized carbons (Fsp3) is 0.382. The molecule has 0 spiro atoms. The molecule has 18 nitrogen and oxygen atoms in total. The van der Waals surface area contributed by atoms with Crippen LogP contribution in [0, 0.1) is 0 Å². The standard InChI is InChI=1S/C34H45N9O9/c35-22(15-19-7-2-1-3-8-19)29(47)40-24(12-13-28(45)46)30(48)43-27(18-44)32(50)42-26(16-20-17-39-23-10-5-4-9-21(20)23)31(49)41-25(33(51)52)11-6-14-38-34(36)37/h1-5,7-10,17,22,24-27,39,44H,6,11-16,18,35H2,(H,40,47)(H,41,49)(H,42,50)(H,43,48)(H,45,46)(H,51,52)(H4,36,37,38)/t22-,24-,25-,26-,27-/m0/s1. The minimum absolute atomic E-state index is 0.0423. The van der Waals surface area contributed by atoms with Crippen molar-refractivity contribution < 1.29 is 44.1 Å². The fourth-order valence-corrected chi connectivity index (χ4v) is 5.28. The van der Waals surface area contributed by atoms with Gasteiger partial charge >= 0.3 is 11.9 Å². The van der Waals surface area contributed by atoms with E-state index in [4.69, 9.17) is 17.2 Å². The zero-order valence-electron chi connectivity index (χ0n) is 28.3. The number of aromatic amines is 1. The van der Waals surface area contributed by atoms with Gasteiger partial charge in [-0.1, -0.05) is 48.5 Å². The number of hydrogen-bond acceptors (Lipinski definition) is 9. The predicted molar refractivity (Wildman–Crippen MR) is 189 cm³/mol. The predicted octanol–water partition coefficient (Wildman–Crippen LogP) is -1.79. The van der Waals surface area contributed by atoms with Gasteiger partial charge in [-0.3, -0.25) is 29.0 Å². The molecule has 0 aliphatic rings. The molecule has 3 aromatic rings. The van der Waals surface area contributed by atoms with E-state index in [2.05, 4.69) is 31.2 Å². The van der Waals surface area contributed by atoms with Crippen LogP contribution in [-0.2, 0) is 41.6 Å². The molecule has 0 bridgehead atoms. The Balaban J connectivity index is 1.78. The smallest absolute Gasteiger partial charge is 0.326 e. The number of nitrogens with one attached hydrogen (secondary N) is 5. The zero-order valence-corrected chi connectivity index (χ0v) is 28.3. The van der Waals surface area contributed by atoms with Gasteiger partial charge in [-0.15, -0.1) is 0 Å². The van der Waals surface area contributed by atoms with Gasteiger partial charge in [-0.25, -0.2) is 4.79 Å². The molecule has 0 unspecified atom stereocenters. The maximum Gasteiger partial charge on any atom is 0.326 e. The Labute approximate surface area is 298 Å². The van der Waals surface area contributed by atoms with E-state index in [1.807, 2.05) is 0 Å². The minimum Gasteiger partial charge on any atom is -0.481 e. The number of aliphatic hydroxyl groups is 1.